The number of benzene rings is 1. The van der Waals surface area contributed by atoms with E-state index in [0.717, 1.165) is 0 Å². The lowest BCUT2D eigenvalue weighted by atomic mass is 10.1. The van der Waals surface area contributed by atoms with Gasteiger partial charge in [-0.2, -0.15) is 0 Å². The van der Waals surface area contributed by atoms with E-state index in [4.69, 9.17) is 22.1 Å². The molecule has 20 heavy (non-hydrogen) atoms. The molecule has 0 saturated heterocycles. The first-order chi connectivity index (χ1) is 9.51. The monoisotopic (exact) mass is 355 g/mol. The van der Waals surface area contributed by atoms with Crippen molar-refractivity contribution in [1.82, 2.24) is 4.98 Å². The van der Waals surface area contributed by atoms with Crippen LogP contribution in [0.15, 0.2) is 34.9 Å². The summed E-state index contributed by atoms with van der Waals surface area (Å²) >= 11 is 9.19. The summed E-state index contributed by atoms with van der Waals surface area (Å²) in [6.45, 7) is 0. The first kappa shape index (κ1) is 14.6. The van der Waals surface area contributed by atoms with Crippen LogP contribution in [0.1, 0.15) is 10.4 Å². The third-order valence-corrected chi connectivity index (χ3v) is 3.29. The van der Waals surface area contributed by atoms with Crippen molar-refractivity contribution in [1.29, 1.82) is 0 Å². The Morgan fingerprint density at radius 2 is 2.20 bits per heavy atom. The normalized spacial score (nSPS) is 10.2. The molecule has 3 N–H and O–H groups in total. The number of carbonyl (C=O) groups is 1. The van der Waals surface area contributed by atoms with Crippen LogP contribution in [0, 0.1) is 0 Å². The number of carbonyl (C=O) groups excluding carboxylic acids is 1. The van der Waals surface area contributed by atoms with Gasteiger partial charge in [-0.05, 0) is 40.2 Å². The fourth-order valence-corrected chi connectivity index (χ4v) is 2.04. The van der Waals surface area contributed by atoms with Gasteiger partial charge < -0.3 is 15.8 Å². The quantitative estimate of drug-likeness (QED) is 0.653. The van der Waals surface area contributed by atoms with E-state index in [9.17, 15) is 4.79 Å². The van der Waals surface area contributed by atoms with Crippen LogP contribution >= 0.6 is 27.5 Å². The Kier molecular flexibility index (Phi) is 4.46. The third-order valence-electron chi connectivity index (χ3n) is 2.56. The lowest BCUT2D eigenvalue weighted by molar-refractivity contribution is 0.102. The van der Waals surface area contributed by atoms with E-state index in [1.165, 1.54) is 13.3 Å². The number of aromatic nitrogens is 1. The fraction of sp³-hybridized carbons (Fsp3) is 0.0769. The van der Waals surface area contributed by atoms with Crippen LogP contribution < -0.4 is 15.8 Å². The molecule has 1 heterocycles. The van der Waals surface area contributed by atoms with Crippen molar-refractivity contribution >= 4 is 44.8 Å². The minimum Gasteiger partial charge on any atom is -0.497 e. The molecule has 0 atom stereocenters. The Morgan fingerprint density at radius 3 is 2.90 bits per heavy atom. The summed E-state index contributed by atoms with van der Waals surface area (Å²) in [5.74, 6) is 0.158. The highest BCUT2D eigenvalue weighted by Gasteiger charge is 2.13. The highest BCUT2D eigenvalue weighted by Crippen LogP contribution is 2.25. The first-order valence-electron chi connectivity index (χ1n) is 5.57. The van der Waals surface area contributed by atoms with E-state index in [1.807, 2.05) is 0 Å². The first-order valence-corrected chi connectivity index (χ1v) is 6.74. The van der Waals surface area contributed by atoms with E-state index in [0.29, 0.717) is 27.2 Å². The SMILES string of the molecule is COc1ccc(N)c(C(=O)Nc2cc(Br)cnc2Cl)c1. The van der Waals surface area contributed by atoms with Crippen molar-refractivity contribution < 1.29 is 9.53 Å². The van der Waals surface area contributed by atoms with Gasteiger partial charge in [0.15, 0.2) is 5.15 Å². The molecule has 7 heteroatoms. The zero-order valence-corrected chi connectivity index (χ0v) is 12.8. The van der Waals surface area contributed by atoms with Gasteiger partial charge in [0.2, 0.25) is 0 Å². The number of rotatable bonds is 3. The number of amides is 1. The van der Waals surface area contributed by atoms with E-state index in [1.54, 1.807) is 24.3 Å². The number of nitrogens with two attached hydrogens (primary N) is 1. The lowest BCUT2D eigenvalue weighted by Crippen LogP contribution is -2.14. The molecule has 1 aromatic carbocycles. The topological polar surface area (TPSA) is 77.2 Å². The smallest absolute Gasteiger partial charge is 0.257 e. The zero-order valence-electron chi connectivity index (χ0n) is 10.5. The average molecular weight is 357 g/mol. The number of methoxy groups -OCH3 is 1. The highest BCUT2D eigenvalue weighted by atomic mass is 79.9. The molecule has 2 aromatic rings. The molecule has 0 unspecified atom stereocenters. The molecule has 0 radical (unpaired) electrons. The maximum atomic E-state index is 12.2. The molecule has 0 spiro atoms. The second-order valence-corrected chi connectivity index (χ2v) is 5.17. The molecule has 0 saturated carbocycles. The van der Waals surface area contributed by atoms with Crippen LogP contribution in [0.2, 0.25) is 5.15 Å². The molecule has 104 valence electrons. The van der Waals surface area contributed by atoms with Crippen LogP contribution in [-0.2, 0) is 0 Å². The summed E-state index contributed by atoms with van der Waals surface area (Å²) in [6, 6.07) is 6.50. The van der Waals surface area contributed by atoms with Crippen LogP contribution in [0.3, 0.4) is 0 Å². The second-order valence-electron chi connectivity index (χ2n) is 3.90. The van der Waals surface area contributed by atoms with E-state index in [-0.39, 0.29) is 11.1 Å². The van der Waals surface area contributed by atoms with Gasteiger partial charge in [0.05, 0.1) is 18.4 Å². The number of nitrogens with one attached hydrogen (secondary N) is 1. The Labute approximate surface area is 129 Å². The van der Waals surface area contributed by atoms with Crippen molar-refractivity contribution in [2.45, 2.75) is 0 Å². The van der Waals surface area contributed by atoms with Crippen LogP contribution in [-0.4, -0.2) is 18.0 Å². The van der Waals surface area contributed by atoms with Crippen molar-refractivity contribution in [2.75, 3.05) is 18.2 Å². The van der Waals surface area contributed by atoms with Crippen molar-refractivity contribution in [3.8, 4) is 5.75 Å². The van der Waals surface area contributed by atoms with E-state index < -0.39 is 0 Å². The number of halogens is 2. The summed E-state index contributed by atoms with van der Waals surface area (Å²) in [5.41, 5.74) is 6.84. The fourth-order valence-electron chi connectivity index (χ4n) is 1.56. The maximum absolute atomic E-state index is 12.2. The standard InChI is InChI=1S/C13H11BrClN3O2/c1-20-8-2-3-10(16)9(5-8)13(19)18-11-4-7(14)6-17-12(11)15/h2-6H,16H2,1H3,(H,18,19). The van der Waals surface area contributed by atoms with Crippen molar-refractivity contribution in [2.24, 2.45) is 0 Å². The number of nitrogens with zero attached hydrogens (tertiary/aromatic N) is 1. The Morgan fingerprint density at radius 1 is 1.45 bits per heavy atom. The van der Waals surface area contributed by atoms with Crippen LogP contribution in [0.25, 0.3) is 0 Å². The Hall–Kier alpha value is -1.79. The van der Waals surface area contributed by atoms with Gasteiger partial charge >= 0.3 is 0 Å². The van der Waals surface area contributed by atoms with Gasteiger partial charge in [-0.15, -0.1) is 0 Å². The van der Waals surface area contributed by atoms with Crippen LogP contribution in [0.4, 0.5) is 11.4 Å². The molecule has 0 bridgehead atoms. The maximum Gasteiger partial charge on any atom is 0.257 e. The van der Waals surface area contributed by atoms with Crippen molar-refractivity contribution in [3.63, 3.8) is 0 Å². The van der Waals surface area contributed by atoms with E-state index in [2.05, 4.69) is 26.2 Å². The molecular weight excluding hydrogens is 346 g/mol. The number of hydrogen-bond acceptors (Lipinski definition) is 4. The number of hydrogen-bond donors (Lipinski definition) is 2. The minimum atomic E-state index is -0.386. The molecule has 1 amide bonds. The molecule has 0 aliphatic rings. The number of pyridine rings is 1. The number of ether oxygens (including phenoxy) is 1. The predicted molar refractivity (Wildman–Crippen MR) is 82.3 cm³/mol. The predicted octanol–water partition coefficient (Wildman–Crippen LogP) is 3.34. The molecule has 0 fully saturated rings. The third kappa shape index (κ3) is 3.20. The molecular formula is C13H11BrClN3O2. The minimum absolute atomic E-state index is 0.197. The summed E-state index contributed by atoms with van der Waals surface area (Å²) in [5, 5.41) is 2.86. The molecule has 0 aliphatic carbocycles. The van der Waals surface area contributed by atoms with E-state index >= 15 is 0 Å². The summed E-state index contributed by atoms with van der Waals surface area (Å²) in [4.78, 5) is 16.1. The number of nitrogen functional groups attached to an aromatic ring is 1. The molecule has 2 rings (SSSR count). The van der Waals surface area contributed by atoms with Gasteiger partial charge in [-0.1, -0.05) is 11.6 Å². The largest absolute Gasteiger partial charge is 0.497 e. The van der Waals surface area contributed by atoms with Crippen LogP contribution in [0.5, 0.6) is 5.75 Å². The number of anilines is 2. The average Bonchev–Trinajstić information content (AvgIpc) is 2.43. The van der Waals surface area contributed by atoms with Gasteiger partial charge in [-0.25, -0.2) is 4.98 Å². The molecule has 0 aliphatic heterocycles. The Balaban J connectivity index is 2.30. The Bertz CT molecular complexity index is 664. The second kappa shape index (κ2) is 6.11. The highest BCUT2D eigenvalue weighted by molar-refractivity contribution is 9.10. The molecule has 5 nitrogen and oxygen atoms in total. The van der Waals surface area contributed by atoms with Gasteiger partial charge in [-0.3, -0.25) is 4.79 Å². The van der Waals surface area contributed by atoms with Crippen molar-refractivity contribution in [3.05, 3.63) is 45.7 Å². The van der Waals surface area contributed by atoms with Gasteiger partial charge in [0.25, 0.3) is 5.91 Å². The summed E-state index contributed by atoms with van der Waals surface area (Å²) in [6.07, 6.45) is 1.54. The summed E-state index contributed by atoms with van der Waals surface area (Å²) in [7, 11) is 1.52. The lowest BCUT2D eigenvalue weighted by Gasteiger charge is -2.10. The zero-order chi connectivity index (χ0) is 14.7. The summed E-state index contributed by atoms with van der Waals surface area (Å²) < 4.78 is 5.78. The van der Waals surface area contributed by atoms with Gasteiger partial charge in [0, 0.05) is 16.4 Å². The van der Waals surface area contributed by atoms with Gasteiger partial charge in [0.1, 0.15) is 5.75 Å². The molecule has 1 aromatic heterocycles.